The third-order valence-electron chi connectivity index (χ3n) is 3.00. The van der Waals surface area contributed by atoms with Gasteiger partial charge in [-0.05, 0) is 18.4 Å². The van der Waals surface area contributed by atoms with E-state index in [1.807, 2.05) is 6.07 Å². The number of carboxylic acids is 1. The maximum atomic E-state index is 11.6. The van der Waals surface area contributed by atoms with Crippen LogP contribution in [0, 0.1) is 0 Å². The molecule has 0 bridgehead atoms. The van der Waals surface area contributed by atoms with Gasteiger partial charge in [-0.2, -0.15) is 0 Å². The molecule has 1 fully saturated rings. The summed E-state index contributed by atoms with van der Waals surface area (Å²) in [5.41, 5.74) is 0.780. The van der Waals surface area contributed by atoms with Crippen molar-refractivity contribution >= 4 is 17.8 Å². The predicted octanol–water partition coefficient (Wildman–Crippen LogP) is 0.0771. The molecule has 106 valence electrons. The fraction of sp³-hybridized carbons (Fsp3) is 0.357. The van der Waals surface area contributed by atoms with Crippen LogP contribution in [0.1, 0.15) is 18.4 Å². The van der Waals surface area contributed by atoms with Gasteiger partial charge in [-0.15, -0.1) is 0 Å². The highest BCUT2D eigenvalue weighted by Crippen LogP contribution is 2.18. The number of carbonyl (C=O) groups excluding carboxylic acids is 2. The largest absolute Gasteiger partial charge is 0.480 e. The maximum absolute atomic E-state index is 11.6. The molecule has 0 radical (unpaired) electrons. The van der Waals surface area contributed by atoms with Crippen molar-refractivity contribution < 1.29 is 19.5 Å². The van der Waals surface area contributed by atoms with Crippen molar-refractivity contribution in [2.24, 2.45) is 0 Å². The molecule has 0 heterocycles. The topological polar surface area (TPSA) is 95.5 Å². The van der Waals surface area contributed by atoms with Gasteiger partial charge in [-0.1, -0.05) is 30.3 Å². The van der Waals surface area contributed by atoms with Crippen LogP contribution in [0.5, 0.6) is 0 Å². The highest BCUT2D eigenvalue weighted by Gasteiger charge is 2.29. The summed E-state index contributed by atoms with van der Waals surface area (Å²) in [5, 5.41) is 13.9. The summed E-state index contributed by atoms with van der Waals surface area (Å²) in [5.74, 6) is -2.84. The van der Waals surface area contributed by atoms with E-state index in [0.717, 1.165) is 18.4 Å². The van der Waals surface area contributed by atoms with Gasteiger partial charge in [-0.3, -0.25) is 9.59 Å². The summed E-state index contributed by atoms with van der Waals surface area (Å²) in [6.07, 6.45) is 1.87. The lowest BCUT2D eigenvalue weighted by Gasteiger charge is -2.14. The number of carbonyl (C=O) groups is 3. The van der Waals surface area contributed by atoms with Gasteiger partial charge in [0, 0.05) is 12.5 Å². The molecule has 0 saturated heterocycles. The standard InChI is InChI=1S/C14H16N2O4/c17-12(15-10-6-7-10)13(18)16-11(14(19)20)8-9-4-2-1-3-5-9/h1-5,10-11H,6-8H2,(H,15,17)(H,16,18)(H,19,20)/t11-/m0/s1. The van der Waals surface area contributed by atoms with E-state index in [1.54, 1.807) is 24.3 Å². The summed E-state index contributed by atoms with van der Waals surface area (Å²) in [6, 6.07) is 7.88. The quantitative estimate of drug-likeness (QED) is 0.663. The zero-order valence-electron chi connectivity index (χ0n) is 10.8. The fourth-order valence-electron chi connectivity index (χ4n) is 1.75. The Bertz CT molecular complexity index is 511. The Hall–Kier alpha value is -2.37. The molecule has 1 saturated carbocycles. The minimum atomic E-state index is -1.17. The van der Waals surface area contributed by atoms with Crippen LogP contribution < -0.4 is 10.6 Å². The van der Waals surface area contributed by atoms with Crippen LogP contribution in [-0.4, -0.2) is 35.0 Å². The SMILES string of the molecule is O=C(NC1CC1)C(=O)N[C@@H](Cc1ccccc1)C(=O)O. The van der Waals surface area contributed by atoms with E-state index < -0.39 is 23.8 Å². The lowest BCUT2D eigenvalue weighted by atomic mass is 10.1. The van der Waals surface area contributed by atoms with Crippen LogP contribution in [0.25, 0.3) is 0 Å². The first-order valence-electron chi connectivity index (χ1n) is 6.44. The van der Waals surface area contributed by atoms with Crippen LogP contribution in [0.3, 0.4) is 0 Å². The van der Waals surface area contributed by atoms with E-state index in [1.165, 1.54) is 0 Å². The van der Waals surface area contributed by atoms with Gasteiger partial charge >= 0.3 is 17.8 Å². The van der Waals surface area contributed by atoms with Crippen molar-refractivity contribution in [1.29, 1.82) is 0 Å². The highest BCUT2D eigenvalue weighted by molar-refractivity contribution is 6.35. The van der Waals surface area contributed by atoms with Crippen LogP contribution >= 0.6 is 0 Å². The van der Waals surface area contributed by atoms with Crippen molar-refractivity contribution in [2.75, 3.05) is 0 Å². The van der Waals surface area contributed by atoms with Gasteiger partial charge in [-0.25, -0.2) is 4.79 Å². The molecule has 6 nitrogen and oxygen atoms in total. The van der Waals surface area contributed by atoms with Crippen molar-refractivity contribution in [3.63, 3.8) is 0 Å². The second-order valence-electron chi connectivity index (χ2n) is 4.80. The molecule has 0 aliphatic heterocycles. The number of amides is 2. The molecule has 2 rings (SSSR count). The molecule has 2 amide bonds. The number of nitrogens with one attached hydrogen (secondary N) is 2. The average molecular weight is 276 g/mol. The Morgan fingerprint density at radius 2 is 1.80 bits per heavy atom. The third kappa shape index (κ3) is 4.08. The molecule has 0 aromatic heterocycles. The van der Waals surface area contributed by atoms with Crippen LogP contribution in [0.2, 0.25) is 0 Å². The summed E-state index contributed by atoms with van der Waals surface area (Å²) >= 11 is 0. The molecule has 20 heavy (non-hydrogen) atoms. The molecule has 0 unspecified atom stereocenters. The van der Waals surface area contributed by atoms with E-state index >= 15 is 0 Å². The first kappa shape index (κ1) is 14.0. The van der Waals surface area contributed by atoms with E-state index in [0.29, 0.717) is 0 Å². The molecule has 1 aromatic rings. The van der Waals surface area contributed by atoms with Crippen LogP contribution in [0.15, 0.2) is 30.3 Å². The Labute approximate surface area is 116 Å². The van der Waals surface area contributed by atoms with E-state index in [4.69, 9.17) is 5.11 Å². The van der Waals surface area contributed by atoms with Gasteiger partial charge in [0.1, 0.15) is 6.04 Å². The minimum Gasteiger partial charge on any atom is -0.480 e. The van der Waals surface area contributed by atoms with Crippen LogP contribution in [0.4, 0.5) is 0 Å². The van der Waals surface area contributed by atoms with E-state index in [2.05, 4.69) is 10.6 Å². The zero-order valence-corrected chi connectivity index (χ0v) is 10.8. The van der Waals surface area contributed by atoms with Crippen molar-refractivity contribution in [1.82, 2.24) is 10.6 Å². The Morgan fingerprint density at radius 3 is 2.35 bits per heavy atom. The molecule has 1 atom stereocenters. The second kappa shape index (κ2) is 6.18. The third-order valence-corrected chi connectivity index (χ3v) is 3.00. The molecule has 6 heteroatoms. The minimum absolute atomic E-state index is 0.0608. The highest BCUT2D eigenvalue weighted by atomic mass is 16.4. The predicted molar refractivity (Wildman–Crippen MR) is 70.9 cm³/mol. The smallest absolute Gasteiger partial charge is 0.326 e. The summed E-state index contributed by atoms with van der Waals surface area (Å²) in [7, 11) is 0. The van der Waals surface area contributed by atoms with Gasteiger partial charge in [0.15, 0.2) is 0 Å². The zero-order chi connectivity index (χ0) is 14.5. The first-order valence-corrected chi connectivity index (χ1v) is 6.44. The van der Waals surface area contributed by atoms with Gasteiger partial charge in [0.05, 0.1) is 0 Å². The number of hydrogen-bond donors (Lipinski definition) is 3. The lowest BCUT2D eigenvalue weighted by Crippen LogP contribution is -2.49. The molecular formula is C14H16N2O4. The van der Waals surface area contributed by atoms with Gasteiger partial charge in [0.25, 0.3) is 0 Å². The Morgan fingerprint density at radius 1 is 1.15 bits per heavy atom. The Kier molecular flexibility index (Phi) is 4.34. The molecule has 1 aliphatic carbocycles. The summed E-state index contributed by atoms with van der Waals surface area (Å²) in [6.45, 7) is 0. The fourth-order valence-corrected chi connectivity index (χ4v) is 1.75. The van der Waals surface area contributed by atoms with Crippen molar-refractivity contribution in [3.8, 4) is 0 Å². The number of benzene rings is 1. The maximum Gasteiger partial charge on any atom is 0.326 e. The number of aliphatic carboxylic acids is 1. The molecule has 1 aromatic carbocycles. The van der Waals surface area contributed by atoms with Gasteiger partial charge < -0.3 is 15.7 Å². The number of carboxylic acid groups (broad SMARTS) is 1. The number of rotatable bonds is 5. The van der Waals surface area contributed by atoms with E-state index in [9.17, 15) is 14.4 Å². The van der Waals surface area contributed by atoms with Crippen molar-refractivity contribution in [3.05, 3.63) is 35.9 Å². The van der Waals surface area contributed by atoms with Crippen LogP contribution in [-0.2, 0) is 20.8 Å². The molecule has 0 spiro atoms. The average Bonchev–Trinajstić information content (AvgIpc) is 3.22. The number of hydrogen-bond acceptors (Lipinski definition) is 3. The second-order valence-corrected chi connectivity index (χ2v) is 4.80. The van der Waals surface area contributed by atoms with Crippen molar-refractivity contribution in [2.45, 2.75) is 31.3 Å². The molecular weight excluding hydrogens is 260 g/mol. The lowest BCUT2D eigenvalue weighted by molar-refractivity contribution is -0.144. The van der Waals surface area contributed by atoms with E-state index in [-0.39, 0.29) is 12.5 Å². The Balaban J connectivity index is 1.93. The normalized spacial score (nSPS) is 15.2. The summed E-state index contributed by atoms with van der Waals surface area (Å²) in [4.78, 5) is 34.3. The van der Waals surface area contributed by atoms with Gasteiger partial charge in [0.2, 0.25) is 0 Å². The summed E-state index contributed by atoms with van der Waals surface area (Å²) < 4.78 is 0. The molecule has 3 N–H and O–H groups in total. The monoisotopic (exact) mass is 276 g/mol. The first-order chi connectivity index (χ1) is 9.56. The molecule has 1 aliphatic rings.